The van der Waals surface area contributed by atoms with Gasteiger partial charge in [0, 0.05) is 37.3 Å². The summed E-state index contributed by atoms with van der Waals surface area (Å²) in [6.45, 7) is 8.82. The van der Waals surface area contributed by atoms with Gasteiger partial charge in [-0.2, -0.15) is 0 Å². The van der Waals surface area contributed by atoms with Gasteiger partial charge in [-0.25, -0.2) is 0 Å². The smallest absolute Gasteiger partial charge is 0.251 e. The number of nitrogens with one attached hydrogen (secondary N) is 1. The molecule has 0 unspecified atom stereocenters. The van der Waals surface area contributed by atoms with E-state index in [0.29, 0.717) is 36.6 Å². The van der Waals surface area contributed by atoms with E-state index in [1.807, 2.05) is 30.3 Å². The Labute approximate surface area is 190 Å². The molecule has 0 aliphatic carbocycles. The number of carbonyl (C=O) groups excluding carboxylic acids is 2. The predicted octanol–water partition coefficient (Wildman–Crippen LogP) is 3.47. The molecule has 0 aromatic heterocycles. The van der Waals surface area contributed by atoms with Gasteiger partial charge >= 0.3 is 0 Å². The van der Waals surface area contributed by atoms with Crippen LogP contribution in [0.3, 0.4) is 0 Å². The quantitative estimate of drug-likeness (QED) is 0.581. The highest BCUT2D eigenvalue weighted by Gasteiger charge is 2.21. The van der Waals surface area contributed by atoms with Crippen LogP contribution in [0.25, 0.3) is 0 Å². The second kappa shape index (κ2) is 11.5. The van der Waals surface area contributed by atoms with Crippen LogP contribution < -0.4 is 19.7 Å². The standard InChI is InChI=1S/C25H33N3O4/c1-4-27(5-2)15-16-32-22-13-8-19(17-23(22)31-3)18-26-25(30)20-9-11-21(12-10-20)28-14-6-7-24(28)29/h8-13,17H,4-7,14-16,18H2,1-3H3,(H,26,30). The van der Waals surface area contributed by atoms with Gasteiger partial charge in [0.1, 0.15) is 6.61 Å². The summed E-state index contributed by atoms with van der Waals surface area (Å²) < 4.78 is 11.4. The van der Waals surface area contributed by atoms with Crippen LogP contribution in [0.15, 0.2) is 42.5 Å². The summed E-state index contributed by atoms with van der Waals surface area (Å²) in [5.74, 6) is 1.32. The highest BCUT2D eigenvalue weighted by Crippen LogP contribution is 2.28. The van der Waals surface area contributed by atoms with Gasteiger partial charge in [0.2, 0.25) is 5.91 Å². The molecule has 0 bridgehead atoms. The topological polar surface area (TPSA) is 71.1 Å². The number of carbonyl (C=O) groups is 2. The lowest BCUT2D eigenvalue weighted by atomic mass is 10.1. The van der Waals surface area contributed by atoms with Crippen molar-refractivity contribution >= 4 is 17.5 Å². The summed E-state index contributed by atoms with van der Waals surface area (Å²) in [4.78, 5) is 28.5. The molecule has 7 nitrogen and oxygen atoms in total. The molecular weight excluding hydrogens is 406 g/mol. The molecule has 1 fully saturated rings. The maximum Gasteiger partial charge on any atom is 0.251 e. The SMILES string of the molecule is CCN(CC)CCOc1ccc(CNC(=O)c2ccc(N3CCCC3=O)cc2)cc1OC. The van der Waals surface area contributed by atoms with Gasteiger partial charge in [0.25, 0.3) is 5.91 Å². The lowest BCUT2D eigenvalue weighted by Gasteiger charge is -2.19. The normalized spacial score (nSPS) is 13.5. The second-order valence-electron chi connectivity index (χ2n) is 7.74. The number of hydrogen-bond acceptors (Lipinski definition) is 5. The lowest BCUT2D eigenvalue weighted by molar-refractivity contribution is -0.117. The first-order valence-corrected chi connectivity index (χ1v) is 11.3. The van der Waals surface area contributed by atoms with E-state index < -0.39 is 0 Å². The molecular formula is C25H33N3O4. The molecule has 7 heteroatoms. The molecule has 0 saturated carbocycles. The zero-order chi connectivity index (χ0) is 22.9. The largest absolute Gasteiger partial charge is 0.493 e. The Morgan fingerprint density at radius 3 is 2.47 bits per heavy atom. The molecule has 2 aromatic rings. The Bertz CT molecular complexity index is 910. The lowest BCUT2D eigenvalue weighted by Crippen LogP contribution is -2.28. The average molecular weight is 440 g/mol. The number of anilines is 1. The molecule has 1 heterocycles. The van der Waals surface area contributed by atoms with E-state index in [1.165, 1.54) is 0 Å². The van der Waals surface area contributed by atoms with E-state index in [1.54, 1.807) is 24.1 Å². The summed E-state index contributed by atoms with van der Waals surface area (Å²) in [6, 6.07) is 12.8. The Kier molecular flexibility index (Phi) is 8.50. The maximum absolute atomic E-state index is 12.5. The van der Waals surface area contributed by atoms with E-state index >= 15 is 0 Å². The maximum atomic E-state index is 12.5. The highest BCUT2D eigenvalue weighted by atomic mass is 16.5. The van der Waals surface area contributed by atoms with Crippen LogP contribution >= 0.6 is 0 Å². The van der Waals surface area contributed by atoms with Crippen molar-refractivity contribution in [3.05, 3.63) is 53.6 Å². The van der Waals surface area contributed by atoms with E-state index in [-0.39, 0.29) is 11.8 Å². The summed E-state index contributed by atoms with van der Waals surface area (Å²) in [7, 11) is 1.61. The molecule has 1 aliphatic rings. The molecule has 2 aromatic carbocycles. The van der Waals surface area contributed by atoms with Crippen molar-refractivity contribution in [2.45, 2.75) is 33.2 Å². The van der Waals surface area contributed by atoms with Gasteiger partial charge < -0.3 is 24.6 Å². The first kappa shape index (κ1) is 23.6. The van der Waals surface area contributed by atoms with Crippen molar-refractivity contribution in [2.24, 2.45) is 0 Å². The van der Waals surface area contributed by atoms with E-state index in [0.717, 1.165) is 43.9 Å². The monoisotopic (exact) mass is 439 g/mol. The van der Waals surface area contributed by atoms with Crippen molar-refractivity contribution in [1.82, 2.24) is 10.2 Å². The van der Waals surface area contributed by atoms with Crippen LogP contribution in [-0.2, 0) is 11.3 Å². The third kappa shape index (κ3) is 6.01. The van der Waals surface area contributed by atoms with Crippen LogP contribution in [0.1, 0.15) is 42.6 Å². The number of amides is 2. The van der Waals surface area contributed by atoms with Gasteiger partial charge in [-0.3, -0.25) is 9.59 Å². The first-order valence-electron chi connectivity index (χ1n) is 11.3. The van der Waals surface area contributed by atoms with Crippen LogP contribution in [0.5, 0.6) is 11.5 Å². The minimum absolute atomic E-state index is 0.136. The van der Waals surface area contributed by atoms with Crippen LogP contribution in [-0.4, -0.2) is 56.6 Å². The number of ether oxygens (including phenoxy) is 2. The molecule has 2 amide bonds. The molecule has 0 spiro atoms. The number of methoxy groups -OCH3 is 1. The molecule has 3 rings (SSSR count). The van der Waals surface area contributed by atoms with Gasteiger partial charge in [-0.15, -0.1) is 0 Å². The minimum atomic E-state index is -0.164. The molecule has 172 valence electrons. The molecule has 1 saturated heterocycles. The zero-order valence-corrected chi connectivity index (χ0v) is 19.2. The van der Waals surface area contributed by atoms with Gasteiger partial charge in [-0.1, -0.05) is 19.9 Å². The Balaban J connectivity index is 1.54. The Morgan fingerprint density at radius 1 is 1.09 bits per heavy atom. The van der Waals surface area contributed by atoms with Gasteiger partial charge in [0.15, 0.2) is 11.5 Å². The van der Waals surface area contributed by atoms with E-state index in [9.17, 15) is 9.59 Å². The number of rotatable bonds is 11. The summed E-state index contributed by atoms with van der Waals surface area (Å²) >= 11 is 0. The number of nitrogens with zero attached hydrogens (tertiary/aromatic N) is 2. The molecule has 1 aliphatic heterocycles. The van der Waals surface area contributed by atoms with Gasteiger partial charge in [-0.05, 0) is 61.5 Å². The van der Waals surface area contributed by atoms with Crippen molar-refractivity contribution in [2.75, 3.05) is 44.8 Å². The number of hydrogen-bond donors (Lipinski definition) is 1. The number of likely N-dealkylation sites (N-methyl/N-ethyl adjacent to an activating group) is 1. The van der Waals surface area contributed by atoms with Crippen molar-refractivity contribution in [3.63, 3.8) is 0 Å². The first-order chi connectivity index (χ1) is 15.5. The predicted molar refractivity (Wildman–Crippen MR) is 125 cm³/mol. The summed E-state index contributed by atoms with van der Waals surface area (Å²) in [5.41, 5.74) is 2.32. The Morgan fingerprint density at radius 2 is 1.84 bits per heavy atom. The highest BCUT2D eigenvalue weighted by molar-refractivity contribution is 5.97. The summed E-state index contributed by atoms with van der Waals surface area (Å²) in [5, 5.41) is 2.93. The minimum Gasteiger partial charge on any atom is -0.493 e. The van der Waals surface area contributed by atoms with E-state index in [4.69, 9.17) is 9.47 Å². The fourth-order valence-electron chi connectivity index (χ4n) is 3.76. The zero-order valence-electron chi connectivity index (χ0n) is 19.2. The second-order valence-corrected chi connectivity index (χ2v) is 7.74. The Hall–Kier alpha value is -3.06. The number of benzene rings is 2. The average Bonchev–Trinajstić information content (AvgIpc) is 3.26. The van der Waals surface area contributed by atoms with Crippen molar-refractivity contribution in [3.8, 4) is 11.5 Å². The molecule has 0 atom stereocenters. The van der Waals surface area contributed by atoms with Crippen LogP contribution in [0.2, 0.25) is 0 Å². The fraction of sp³-hybridized carbons (Fsp3) is 0.440. The molecule has 32 heavy (non-hydrogen) atoms. The van der Waals surface area contributed by atoms with Crippen molar-refractivity contribution < 1.29 is 19.1 Å². The molecule has 1 N–H and O–H groups in total. The van der Waals surface area contributed by atoms with Crippen LogP contribution in [0, 0.1) is 0 Å². The van der Waals surface area contributed by atoms with E-state index in [2.05, 4.69) is 24.1 Å². The van der Waals surface area contributed by atoms with Crippen LogP contribution in [0.4, 0.5) is 5.69 Å². The fourth-order valence-corrected chi connectivity index (χ4v) is 3.76. The summed E-state index contributed by atoms with van der Waals surface area (Å²) in [6.07, 6.45) is 1.47. The molecule has 0 radical (unpaired) electrons. The van der Waals surface area contributed by atoms with Gasteiger partial charge in [0.05, 0.1) is 7.11 Å². The third-order valence-electron chi connectivity index (χ3n) is 5.76. The third-order valence-corrected chi connectivity index (χ3v) is 5.76. The van der Waals surface area contributed by atoms with Crippen molar-refractivity contribution in [1.29, 1.82) is 0 Å².